The van der Waals surface area contributed by atoms with Crippen molar-refractivity contribution in [2.75, 3.05) is 13.9 Å². The molecule has 0 N–H and O–H groups in total. The van der Waals surface area contributed by atoms with Crippen LogP contribution in [0, 0.1) is 11.3 Å². The molecule has 0 spiro atoms. The molecule has 136 valence electrons. The predicted molar refractivity (Wildman–Crippen MR) is 103 cm³/mol. The first-order valence-corrected chi connectivity index (χ1v) is 9.72. The Hall–Kier alpha value is -2.63. The SMILES string of the molecule is COc1ccc(-c2nc(C#N)c(SCc3cc4c(cc3Br)OCO4)o2)cc1. The highest BCUT2D eigenvalue weighted by Crippen LogP contribution is 2.39. The molecular formula is C19H13BrN2O4S. The number of nitriles is 1. The first kappa shape index (κ1) is 17.8. The highest BCUT2D eigenvalue weighted by Gasteiger charge is 2.19. The summed E-state index contributed by atoms with van der Waals surface area (Å²) in [6.45, 7) is 0.226. The Balaban J connectivity index is 1.56. The summed E-state index contributed by atoms with van der Waals surface area (Å²) in [7, 11) is 1.61. The molecule has 0 atom stereocenters. The van der Waals surface area contributed by atoms with Gasteiger partial charge in [-0.3, -0.25) is 0 Å². The second-order valence-electron chi connectivity index (χ2n) is 5.58. The Bertz CT molecular complexity index is 1030. The van der Waals surface area contributed by atoms with Gasteiger partial charge in [-0.1, -0.05) is 27.7 Å². The fraction of sp³-hybridized carbons (Fsp3) is 0.158. The topological polar surface area (TPSA) is 77.5 Å². The van der Waals surface area contributed by atoms with Crippen LogP contribution < -0.4 is 14.2 Å². The second-order valence-corrected chi connectivity index (χ2v) is 7.38. The van der Waals surface area contributed by atoms with Crippen molar-refractivity contribution < 1.29 is 18.6 Å². The zero-order valence-corrected chi connectivity index (χ0v) is 16.6. The third-order valence-corrected chi connectivity index (χ3v) is 5.67. The van der Waals surface area contributed by atoms with Crippen molar-refractivity contribution in [3.8, 4) is 34.8 Å². The van der Waals surface area contributed by atoms with E-state index in [0.29, 0.717) is 22.5 Å². The number of aromatic nitrogens is 1. The van der Waals surface area contributed by atoms with Crippen LogP contribution in [0.3, 0.4) is 0 Å². The van der Waals surface area contributed by atoms with Crippen molar-refractivity contribution in [3.63, 3.8) is 0 Å². The van der Waals surface area contributed by atoms with E-state index in [4.69, 9.17) is 18.6 Å². The van der Waals surface area contributed by atoms with Gasteiger partial charge >= 0.3 is 0 Å². The lowest BCUT2D eigenvalue weighted by Crippen LogP contribution is -1.92. The molecule has 0 aliphatic carbocycles. The average Bonchev–Trinajstić information content (AvgIpc) is 3.32. The van der Waals surface area contributed by atoms with Gasteiger partial charge in [-0.05, 0) is 42.0 Å². The maximum atomic E-state index is 9.39. The third-order valence-electron chi connectivity index (χ3n) is 3.94. The summed E-state index contributed by atoms with van der Waals surface area (Å²) >= 11 is 4.95. The van der Waals surface area contributed by atoms with E-state index in [2.05, 4.69) is 27.0 Å². The minimum absolute atomic E-state index is 0.226. The smallest absolute Gasteiger partial charge is 0.231 e. The Labute approximate surface area is 168 Å². The van der Waals surface area contributed by atoms with Crippen molar-refractivity contribution in [2.45, 2.75) is 10.8 Å². The molecule has 0 amide bonds. The van der Waals surface area contributed by atoms with Crippen LogP contribution in [0.2, 0.25) is 0 Å². The molecule has 0 saturated heterocycles. The Kier molecular flexibility index (Phi) is 4.97. The lowest BCUT2D eigenvalue weighted by atomic mass is 10.2. The number of thioether (sulfide) groups is 1. The van der Waals surface area contributed by atoms with E-state index in [9.17, 15) is 5.26 Å². The maximum absolute atomic E-state index is 9.39. The minimum Gasteiger partial charge on any atom is -0.497 e. The number of oxazole rings is 1. The van der Waals surface area contributed by atoms with E-state index in [0.717, 1.165) is 27.1 Å². The van der Waals surface area contributed by atoms with Crippen molar-refractivity contribution in [2.24, 2.45) is 0 Å². The number of halogens is 1. The number of fused-ring (bicyclic) bond motifs is 1. The molecule has 0 fully saturated rings. The monoisotopic (exact) mass is 444 g/mol. The first-order valence-electron chi connectivity index (χ1n) is 7.94. The normalized spacial score (nSPS) is 12.0. The zero-order chi connectivity index (χ0) is 18.8. The van der Waals surface area contributed by atoms with Crippen molar-refractivity contribution >= 4 is 27.7 Å². The van der Waals surface area contributed by atoms with Crippen LogP contribution in [0.4, 0.5) is 0 Å². The van der Waals surface area contributed by atoms with Crippen LogP contribution in [0.25, 0.3) is 11.5 Å². The third kappa shape index (κ3) is 3.61. The summed E-state index contributed by atoms with van der Waals surface area (Å²) in [5.74, 6) is 3.17. The van der Waals surface area contributed by atoms with Gasteiger partial charge in [0.05, 0.1) is 7.11 Å². The summed E-state index contributed by atoms with van der Waals surface area (Å²) in [6, 6.07) is 13.2. The fourth-order valence-electron chi connectivity index (χ4n) is 2.54. The van der Waals surface area contributed by atoms with Gasteiger partial charge in [-0.2, -0.15) is 10.2 Å². The molecule has 2 aromatic carbocycles. The number of ether oxygens (including phenoxy) is 3. The van der Waals surface area contributed by atoms with Gasteiger partial charge in [-0.25, -0.2) is 0 Å². The summed E-state index contributed by atoms with van der Waals surface area (Å²) in [5.41, 5.74) is 2.06. The Morgan fingerprint density at radius 1 is 1.22 bits per heavy atom. The highest BCUT2D eigenvalue weighted by atomic mass is 79.9. The largest absolute Gasteiger partial charge is 0.497 e. The number of rotatable bonds is 5. The standard InChI is InChI=1S/C19H13BrN2O4S/c1-23-13-4-2-11(3-5-13)18-22-15(8-21)19(26-18)27-9-12-6-16-17(7-14(12)20)25-10-24-16/h2-7H,9-10H2,1H3. The van der Waals surface area contributed by atoms with Gasteiger partial charge in [-0.15, -0.1) is 0 Å². The van der Waals surface area contributed by atoms with Gasteiger partial charge in [0.2, 0.25) is 12.7 Å². The second kappa shape index (κ2) is 7.55. The lowest BCUT2D eigenvalue weighted by molar-refractivity contribution is 0.174. The first-order chi connectivity index (χ1) is 13.2. The fourth-order valence-corrected chi connectivity index (χ4v) is 4.08. The van der Waals surface area contributed by atoms with Crippen LogP contribution in [0.15, 0.2) is 50.4 Å². The molecule has 3 aromatic rings. The molecule has 2 heterocycles. The lowest BCUT2D eigenvalue weighted by Gasteiger charge is -2.05. The number of hydrogen-bond acceptors (Lipinski definition) is 7. The molecule has 1 aliphatic rings. The molecule has 8 heteroatoms. The molecule has 1 aromatic heterocycles. The molecule has 1 aliphatic heterocycles. The number of nitrogens with zero attached hydrogens (tertiary/aromatic N) is 2. The average molecular weight is 445 g/mol. The van der Waals surface area contributed by atoms with Crippen molar-refractivity contribution in [1.82, 2.24) is 4.98 Å². The molecular weight excluding hydrogens is 432 g/mol. The van der Waals surface area contributed by atoms with Gasteiger partial charge in [0.25, 0.3) is 0 Å². The molecule has 0 unspecified atom stereocenters. The summed E-state index contributed by atoms with van der Waals surface area (Å²) in [5, 5.41) is 9.87. The van der Waals surface area contributed by atoms with Crippen LogP contribution in [-0.2, 0) is 5.75 Å². The van der Waals surface area contributed by atoms with Crippen molar-refractivity contribution in [3.05, 3.63) is 52.1 Å². The molecule has 0 saturated carbocycles. The quantitative estimate of drug-likeness (QED) is 0.511. The van der Waals surface area contributed by atoms with E-state index < -0.39 is 0 Å². The molecule has 0 bridgehead atoms. The summed E-state index contributed by atoms with van der Waals surface area (Å²) in [4.78, 5) is 4.30. The van der Waals surface area contributed by atoms with Gasteiger partial charge in [0, 0.05) is 15.8 Å². The molecule has 6 nitrogen and oxygen atoms in total. The Morgan fingerprint density at radius 3 is 2.67 bits per heavy atom. The number of benzene rings is 2. The van der Waals surface area contributed by atoms with Crippen molar-refractivity contribution in [1.29, 1.82) is 5.26 Å². The maximum Gasteiger partial charge on any atom is 0.231 e. The van der Waals surface area contributed by atoms with Crippen LogP contribution in [-0.4, -0.2) is 18.9 Å². The van der Waals surface area contributed by atoms with Crippen LogP contribution >= 0.6 is 27.7 Å². The van der Waals surface area contributed by atoms with Gasteiger partial charge in [0.15, 0.2) is 22.3 Å². The molecule has 4 rings (SSSR count). The van der Waals surface area contributed by atoms with E-state index in [-0.39, 0.29) is 12.5 Å². The Morgan fingerprint density at radius 2 is 1.96 bits per heavy atom. The van der Waals surface area contributed by atoms with E-state index in [1.54, 1.807) is 7.11 Å². The molecule has 0 radical (unpaired) electrons. The van der Waals surface area contributed by atoms with Crippen LogP contribution in [0.1, 0.15) is 11.3 Å². The summed E-state index contributed by atoms with van der Waals surface area (Å²) < 4.78 is 22.7. The highest BCUT2D eigenvalue weighted by molar-refractivity contribution is 9.10. The van der Waals surface area contributed by atoms with Crippen LogP contribution in [0.5, 0.6) is 17.2 Å². The van der Waals surface area contributed by atoms with E-state index >= 15 is 0 Å². The minimum atomic E-state index is 0.226. The summed E-state index contributed by atoms with van der Waals surface area (Å²) in [6.07, 6.45) is 0. The zero-order valence-electron chi connectivity index (χ0n) is 14.2. The van der Waals surface area contributed by atoms with Gasteiger partial charge in [0.1, 0.15) is 11.8 Å². The van der Waals surface area contributed by atoms with E-state index in [1.165, 1.54) is 11.8 Å². The number of methoxy groups -OCH3 is 1. The molecule has 27 heavy (non-hydrogen) atoms. The predicted octanol–water partition coefficient (Wildman–Crippen LogP) is 5.01. The van der Waals surface area contributed by atoms with Gasteiger partial charge < -0.3 is 18.6 Å². The van der Waals surface area contributed by atoms with E-state index in [1.807, 2.05) is 36.4 Å². The number of hydrogen-bond donors (Lipinski definition) is 0.